The molecule has 0 unspecified atom stereocenters. The lowest BCUT2D eigenvalue weighted by atomic mass is 10.5. The average Bonchev–Trinajstić information content (AvgIpc) is 2.23. The van der Waals surface area contributed by atoms with E-state index in [2.05, 4.69) is 24.6 Å². The minimum Gasteiger partial charge on any atom is -0.325 e. The van der Waals surface area contributed by atoms with Crippen molar-refractivity contribution in [3.05, 3.63) is 38.0 Å². The Kier molecular flexibility index (Phi) is 4.62. The van der Waals surface area contributed by atoms with Gasteiger partial charge in [0.1, 0.15) is 0 Å². The average molecular weight is 195 g/mol. The van der Waals surface area contributed by atoms with E-state index < -0.39 is 17.8 Å². The van der Waals surface area contributed by atoms with Gasteiger partial charge in [-0.15, -0.1) is 0 Å². The lowest BCUT2D eigenvalue weighted by Crippen LogP contribution is -2.36. The molecular weight excluding hydrogens is 186 g/mol. The van der Waals surface area contributed by atoms with Gasteiger partial charge in [0.15, 0.2) is 0 Å². The first-order valence-electron chi connectivity index (χ1n) is 3.54. The van der Waals surface area contributed by atoms with Crippen LogP contribution in [-0.2, 0) is 19.2 Å². The van der Waals surface area contributed by atoms with Gasteiger partial charge in [-0.25, -0.2) is 4.79 Å². The first-order valence-corrected chi connectivity index (χ1v) is 3.54. The van der Waals surface area contributed by atoms with E-state index in [1.165, 1.54) is 0 Å². The number of amides is 2. The van der Waals surface area contributed by atoms with Gasteiger partial charge in [-0.2, -0.15) is 0 Å². The summed E-state index contributed by atoms with van der Waals surface area (Å²) < 4.78 is 0. The Morgan fingerprint density at radius 1 is 0.929 bits per heavy atom. The molecule has 0 radical (unpaired) electrons. The van der Waals surface area contributed by atoms with E-state index in [9.17, 15) is 14.4 Å². The van der Waals surface area contributed by atoms with Crippen molar-refractivity contribution in [3.8, 4) is 0 Å². The van der Waals surface area contributed by atoms with Crippen LogP contribution in [0, 0.1) is 0 Å². The molecule has 0 aromatic rings. The van der Waals surface area contributed by atoms with E-state index >= 15 is 0 Å². The minimum atomic E-state index is -0.921. The minimum absolute atomic E-state index is 0.240. The molecule has 0 aliphatic rings. The molecular formula is C9H9NO4. The number of carbonyl (C=O) groups is 3. The SMILES string of the molecule is C=CC(=O)ON(C(=O)C=C)C(=O)C=C. The van der Waals surface area contributed by atoms with Crippen molar-refractivity contribution in [3.63, 3.8) is 0 Å². The molecule has 74 valence electrons. The van der Waals surface area contributed by atoms with Crippen molar-refractivity contribution in [2.24, 2.45) is 0 Å². The zero-order valence-corrected chi connectivity index (χ0v) is 7.43. The number of hydrogen-bond donors (Lipinski definition) is 0. The molecule has 0 N–H and O–H groups in total. The topological polar surface area (TPSA) is 63.7 Å². The number of rotatable bonds is 3. The molecule has 0 bridgehead atoms. The summed E-state index contributed by atoms with van der Waals surface area (Å²) in [5.74, 6) is -2.63. The molecule has 0 saturated heterocycles. The Morgan fingerprint density at radius 2 is 1.36 bits per heavy atom. The van der Waals surface area contributed by atoms with Crippen LogP contribution in [0.3, 0.4) is 0 Å². The van der Waals surface area contributed by atoms with Crippen molar-refractivity contribution >= 4 is 17.8 Å². The van der Waals surface area contributed by atoms with Crippen LogP contribution in [0.25, 0.3) is 0 Å². The zero-order chi connectivity index (χ0) is 11.1. The van der Waals surface area contributed by atoms with Crippen LogP contribution in [0.5, 0.6) is 0 Å². The van der Waals surface area contributed by atoms with Gasteiger partial charge >= 0.3 is 5.97 Å². The van der Waals surface area contributed by atoms with E-state index in [1.807, 2.05) is 0 Å². The van der Waals surface area contributed by atoms with Crippen molar-refractivity contribution in [2.75, 3.05) is 0 Å². The monoisotopic (exact) mass is 195 g/mol. The number of hydrogen-bond acceptors (Lipinski definition) is 4. The summed E-state index contributed by atoms with van der Waals surface area (Å²) in [4.78, 5) is 37.0. The maximum atomic E-state index is 11.0. The van der Waals surface area contributed by atoms with E-state index in [0.717, 1.165) is 18.2 Å². The fraction of sp³-hybridized carbons (Fsp3) is 0. The van der Waals surface area contributed by atoms with Crippen molar-refractivity contribution in [1.29, 1.82) is 0 Å². The van der Waals surface area contributed by atoms with Crippen LogP contribution < -0.4 is 0 Å². The second-order valence-electron chi connectivity index (χ2n) is 1.99. The highest BCUT2D eigenvalue weighted by molar-refractivity contribution is 6.04. The molecule has 0 aromatic carbocycles. The van der Waals surface area contributed by atoms with Crippen molar-refractivity contribution in [1.82, 2.24) is 5.06 Å². The normalized spacial score (nSPS) is 8.29. The first-order chi connectivity index (χ1) is 6.56. The molecule has 0 atom stereocenters. The predicted molar refractivity (Wildman–Crippen MR) is 48.5 cm³/mol. The summed E-state index contributed by atoms with van der Waals surface area (Å²) in [6, 6.07) is 0. The van der Waals surface area contributed by atoms with Crippen LogP contribution in [0.15, 0.2) is 38.0 Å². The summed E-state index contributed by atoms with van der Waals surface area (Å²) in [5.41, 5.74) is 0. The van der Waals surface area contributed by atoms with E-state index in [-0.39, 0.29) is 5.06 Å². The molecule has 0 saturated carbocycles. The van der Waals surface area contributed by atoms with Crippen molar-refractivity contribution in [2.45, 2.75) is 0 Å². The maximum Gasteiger partial charge on any atom is 0.356 e. The van der Waals surface area contributed by atoms with Gasteiger partial charge in [-0.3, -0.25) is 9.59 Å². The molecule has 0 fully saturated rings. The van der Waals surface area contributed by atoms with Crippen molar-refractivity contribution < 1.29 is 19.2 Å². The summed E-state index contributed by atoms with van der Waals surface area (Å²) in [6.45, 7) is 9.38. The molecule has 5 heteroatoms. The Bertz CT molecular complexity index is 286. The fourth-order valence-corrected chi connectivity index (χ4v) is 0.492. The highest BCUT2D eigenvalue weighted by atomic mass is 16.7. The summed E-state index contributed by atoms with van der Waals surface area (Å²) in [6.07, 6.45) is 2.48. The Morgan fingerprint density at radius 3 is 1.64 bits per heavy atom. The summed E-state index contributed by atoms with van der Waals surface area (Å²) in [5, 5.41) is 0.240. The molecule has 0 rings (SSSR count). The van der Waals surface area contributed by atoms with Gasteiger partial charge in [-0.1, -0.05) is 24.8 Å². The maximum absolute atomic E-state index is 11.0. The van der Waals surface area contributed by atoms with Gasteiger partial charge < -0.3 is 4.84 Å². The molecule has 5 nitrogen and oxygen atoms in total. The number of nitrogens with zero attached hydrogens (tertiary/aromatic N) is 1. The molecule has 2 amide bonds. The standard InChI is InChI=1S/C9H9NO4/c1-4-7(11)10(8(12)5-2)14-9(13)6-3/h4-6H,1-3H2. The van der Waals surface area contributed by atoms with Gasteiger partial charge in [0, 0.05) is 6.08 Å². The van der Waals surface area contributed by atoms with E-state index in [1.54, 1.807) is 0 Å². The first kappa shape index (κ1) is 11.8. The third kappa shape index (κ3) is 3.06. The molecule has 0 spiro atoms. The number of imide groups is 1. The summed E-state index contributed by atoms with van der Waals surface area (Å²) >= 11 is 0. The van der Waals surface area contributed by atoms with Gasteiger partial charge in [0.2, 0.25) is 0 Å². The smallest absolute Gasteiger partial charge is 0.325 e. The van der Waals surface area contributed by atoms with Crippen LogP contribution in [0.1, 0.15) is 0 Å². The highest BCUT2D eigenvalue weighted by Crippen LogP contribution is 1.96. The zero-order valence-electron chi connectivity index (χ0n) is 7.43. The van der Waals surface area contributed by atoms with Gasteiger partial charge in [0.25, 0.3) is 11.8 Å². The van der Waals surface area contributed by atoms with E-state index in [4.69, 9.17) is 0 Å². The summed E-state index contributed by atoms with van der Waals surface area (Å²) in [7, 11) is 0. The van der Waals surface area contributed by atoms with Crippen LogP contribution >= 0.6 is 0 Å². The van der Waals surface area contributed by atoms with E-state index in [0.29, 0.717) is 0 Å². The Labute approximate surface area is 80.9 Å². The van der Waals surface area contributed by atoms with Crippen LogP contribution in [-0.4, -0.2) is 22.8 Å². The van der Waals surface area contributed by atoms with Gasteiger partial charge in [-0.05, 0) is 12.2 Å². The molecule has 0 aliphatic carbocycles. The van der Waals surface area contributed by atoms with Crippen LogP contribution in [0.2, 0.25) is 0 Å². The number of hydroxylamine groups is 2. The Balaban J connectivity index is 4.72. The molecule has 0 aromatic heterocycles. The van der Waals surface area contributed by atoms with Gasteiger partial charge in [0.05, 0.1) is 0 Å². The van der Waals surface area contributed by atoms with Crippen LogP contribution in [0.4, 0.5) is 0 Å². The fourth-order valence-electron chi connectivity index (χ4n) is 0.492. The Hall–Kier alpha value is -2.17. The lowest BCUT2D eigenvalue weighted by Gasteiger charge is -2.14. The quantitative estimate of drug-likeness (QED) is 0.481. The lowest BCUT2D eigenvalue weighted by molar-refractivity contribution is -0.193. The number of carbonyl (C=O) groups excluding carboxylic acids is 3. The molecule has 14 heavy (non-hydrogen) atoms. The second-order valence-corrected chi connectivity index (χ2v) is 1.99. The third-order valence-corrected chi connectivity index (χ3v) is 1.10. The third-order valence-electron chi connectivity index (χ3n) is 1.10. The highest BCUT2D eigenvalue weighted by Gasteiger charge is 2.20. The second kappa shape index (κ2) is 5.47. The molecule has 0 aliphatic heterocycles. The predicted octanol–water partition coefficient (Wildman–Crippen LogP) is 0.358. The largest absolute Gasteiger partial charge is 0.356 e. The molecule has 0 heterocycles.